The molecule has 0 atom stereocenters. The molecule has 0 saturated carbocycles. The fourth-order valence-electron chi connectivity index (χ4n) is 1.63. The summed E-state index contributed by atoms with van der Waals surface area (Å²) in [5, 5.41) is 0. The predicted octanol–water partition coefficient (Wildman–Crippen LogP) is 0.564. The number of likely N-dealkylation sites (N-methyl/N-ethyl adjacent to an activating group) is 1. The lowest BCUT2D eigenvalue weighted by Crippen LogP contribution is -2.37. The van der Waals surface area contributed by atoms with Crippen molar-refractivity contribution in [3.8, 4) is 12.3 Å². The molecule has 0 spiro atoms. The first-order chi connectivity index (χ1) is 6.74. The maximum absolute atomic E-state index is 11.7. The van der Waals surface area contributed by atoms with Gasteiger partial charge in [-0.25, -0.2) is 0 Å². The highest BCUT2D eigenvalue weighted by Gasteiger charge is 2.18. The number of likely N-dealkylation sites (tertiary alicyclic amines) is 1. The Bertz CT molecular complexity index is 226. The van der Waals surface area contributed by atoms with Gasteiger partial charge in [-0.1, -0.05) is 0 Å². The predicted molar refractivity (Wildman–Crippen MR) is 56.8 cm³/mol. The fraction of sp³-hybridized carbons (Fsp3) is 0.727. The van der Waals surface area contributed by atoms with Crippen LogP contribution >= 0.6 is 0 Å². The highest BCUT2D eigenvalue weighted by Crippen LogP contribution is 2.07. The zero-order valence-electron chi connectivity index (χ0n) is 8.83. The van der Waals surface area contributed by atoms with Gasteiger partial charge in [-0.3, -0.25) is 9.69 Å². The Labute approximate surface area is 86.1 Å². The minimum absolute atomic E-state index is 0.238. The van der Waals surface area contributed by atoms with Gasteiger partial charge in [-0.05, 0) is 19.9 Å². The van der Waals surface area contributed by atoms with Crippen LogP contribution in [0.5, 0.6) is 0 Å². The SMILES string of the molecule is C#CCCN(C)CC(=O)N1CCCC1. The van der Waals surface area contributed by atoms with Crippen molar-refractivity contribution in [2.45, 2.75) is 19.3 Å². The fourth-order valence-corrected chi connectivity index (χ4v) is 1.63. The van der Waals surface area contributed by atoms with E-state index in [2.05, 4.69) is 5.92 Å². The monoisotopic (exact) mass is 194 g/mol. The minimum Gasteiger partial charge on any atom is -0.342 e. The van der Waals surface area contributed by atoms with Crippen LogP contribution in [0.4, 0.5) is 0 Å². The zero-order chi connectivity index (χ0) is 10.4. The Morgan fingerprint density at radius 3 is 2.71 bits per heavy atom. The van der Waals surface area contributed by atoms with E-state index in [1.54, 1.807) is 0 Å². The number of hydrogen-bond donors (Lipinski definition) is 0. The van der Waals surface area contributed by atoms with Gasteiger partial charge in [0.2, 0.25) is 5.91 Å². The lowest BCUT2D eigenvalue weighted by Gasteiger charge is -2.20. The summed E-state index contributed by atoms with van der Waals surface area (Å²) in [6, 6.07) is 0. The molecular formula is C11H18N2O. The lowest BCUT2D eigenvalue weighted by molar-refractivity contribution is -0.131. The van der Waals surface area contributed by atoms with E-state index in [1.165, 1.54) is 0 Å². The number of rotatable bonds is 4. The van der Waals surface area contributed by atoms with E-state index in [0.717, 1.165) is 32.5 Å². The summed E-state index contributed by atoms with van der Waals surface area (Å²) >= 11 is 0. The molecular weight excluding hydrogens is 176 g/mol. The van der Waals surface area contributed by atoms with Gasteiger partial charge in [-0.15, -0.1) is 12.3 Å². The van der Waals surface area contributed by atoms with E-state index in [4.69, 9.17) is 6.42 Å². The maximum atomic E-state index is 11.7. The molecule has 1 aliphatic heterocycles. The Hall–Kier alpha value is -1.01. The molecule has 0 bridgehead atoms. The molecule has 0 radical (unpaired) electrons. The molecule has 3 heteroatoms. The molecule has 3 nitrogen and oxygen atoms in total. The molecule has 0 aliphatic carbocycles. The summed E-state index contributed by atoms with van der Waals surface area (Å²) in [6.07, 6.45) is 8.18. The average molecular weight is 194 g/mol. The third kappa shape index (κ3) is 3.39. The van der Waals surface area contributed by atoms with Crippen LogP contribution in [0.15, 0.2) is 0 Å². The number of hydrogen-bond acceptors (Lipinski definition) is 2. The summed E-state index contributed by atoms with van der Waals surface area (Å²) in [5.74, 6) is 2.81. The van der Waals surface area contributed by atoms with E-state index in [-0.39, 0.29) is 5.91 Å². The van der Waals surface area contributed by atoms with Crippen LogP contribution in [0.1, 0.15) is 19.3 Å². The highest BCUT2D eigenvalue weighted by atomic mass is 16.2. The van der Waals surface area contributed by atoms with Crippen LogP contribution in [-0.2, 0) is 4.79 Å². The molecule has 0 aromatic carbocycles. The number of nitrogens with zero attached hydrogens (tertiary/aromatic N) is 2. The largest absolute Gasteiger partial charge is 0.342 e. The molecule has 1 saturated heterocycles. The van der Waals surface area contributed by atoms with Crippen molar-refractivity contribution >= 4 is 5.91 Å². The molecule has 0 unspecified atom stereocenters. The van der Waals surface area contributed by atoms with E-state index in [9.17, 15) is 4.79 Å². The Morgan fingerprint density at radius 2 is 2.14 bits per heavy atom. The number of carbonyl (C=O) groups excluding carboxylic acids is 1. The van der Waals surface area contributed by atoms with Crippen LogP contribution in [0.25, 0.3) is 0 Å². The van der Waals surface area contributed by atoms with Crippen LogP contribution in [-0.4, -0.2) is 48.9 Å². The van der Waals surface area contributed by atoms with E-state index >= 15 is 0 Å². The number of amides is 1. The van der Waals surface area contributed by atoms with Gasteiger partial charge < -0.3 is 4.90 Å². The van der Waals surface area contributed by atoms with Gasteiger partial charge >= 0.3 is 0 Å². The van der Waals surface area contributed by atoms with Crippen molar-refractivity contribution < 1.29 is 4.79 Å². The topological polar surface area (TPSA) is 23.6 Å². The molecule has 1 aliphatic rings. The maximum Gasteiger partial charge on any atom is 0.236 e. The molecule has 1 fully saturated rings. The molecule has 78 valence electrons. The number of carbonyl (C=O) groups is 1. The first-order valence-electron chi connectivity index (χ1n) is 5.14. The van der Waals surface area contributed by atoms with Crippen LogP contribution in [0.3, 0.4) is 0 Å². The van der Waals surface area contributed by atoms with E-state index in [0.29, 0.717) is 13.0 Å². The summed E-state index contributed by atoms with van der Waals surface area (Å²) in [4.78, 5) is 15.6. The first-order valence-corrected chi connectivity index (χ1v) is 5.14. The van der Waals surface area contributed by atoms with Gasteiger partial charge in [0.15, 0.2) is 0 Å². The average Bonchev–Trinajstić information content (AvgIpc) is 2.67. The third-order valence-electron chi connectivity index (χ3n) is 2.50. The van der Waals surface area contributed by atoms with E-state index < -0.39 is 0 Å². The molecule has 0 N–H and O–H groups in total. The van der Waals surface area contributed by atoms with Crippen LogP contribution in [0, 0.1) is 12.3 Å². The normalized spacial score (nSPS) is 15.9. The van der Waals surface area contributed by atoms with Crippen LogP contribution < -0.4 is 0 Å². The second-order valence-electron chi connectivity index (χ2n) is 3.78. The zero-order valence-corrected chi connectivity index (χ0v) is 8.83. The first kappa shape index (κ1) is 11.1. The van der Waals surface area contributed by atoms with Crippen molar-refractivity contribution in [2.75, 3.05) is 33.2 Å². The Kier molecular flexibility index (Phi) is 4.48. The Morgan fingerprint density at radius 1 is 1.50 bits per heavy atom. The van der Waals surface area contributed by atoms with Crippen molar-refractivity contribution in [3.63, 3.8) is 0 Å². The summed E-state index contributed by atoms with van der Waals surface area (Å²) in [5.41, 5.74) is 0. The highest BCUT2D eigenvalue weighted by molar-refractivity contribution is 5.78. The second kappa shape index (κ2) is 5.66. The molecule has 1 amide bonds. The van der Waals surface area contributed by atoms with Gasteiger partial charge in [0.1, 0.15) is 0 Å². The van der Waals surface area contributed by atoms with Crippen molar-refractivity contribution in [3.05, 3.63) is 0 Å². The molecule has 1 heterocycles. The molecule has 0 aromatic rings. The quantitative estimate of drug-likeness (QED) is 0.611. The third-order valence-corrected chi connectivity index (χ3v) is 2.50. The van der Waals surface area contributed by atoms with Crippen LogP contribution in [0.2, 0.25) is 0 Å². The summed E-state index contributed by atoms with van der Waals surface area (Å²) in [6.45, 7) is 3.17. The molecule has 0 aromatic heterocycles. The smallest absolute Gasteiger partial charge is 0.236 e. The number of terminal acetylenes is 1. The van der Waals surface area contributed by atoms with E-state index in [1.807, 2.05) is 16.8 Å². The van der Waals surface area contributed by atoms with Gasteiger partial charge in [-0.2, -0.15) is 0 Å². The summed E-state index contributed by atoms with van der Waals surface area (Å²) in [7, 11) is 1.94. The second-order valence-corrected chi connectivity index (χ2v) is 3.78. The van der Waals surface area contributed by atoms with Gasteiger partial charge in [0, 0.05) is 26.1 Å². The standard InChI is InChI=1S/C11H18N2O/c1-3-4-7-12(2)10-11(14)13-8-5-6-9-13/h1H,4-10H2,2H3. The van der Waals surface area contributed by atoms with Crippen molar-refractivity contribution in [2.24, 2.45) is 0 Å². The van der Waals surface area contributed by atoms with Crippen molar-refractivity contribution in [1.29, 1.82) is 0 Å². The van der Waals surface area contributed by atoms with Gasteiger partial charge in [0.05, 0.1) is 6.54 Å². The summed E-state index contributed by atoms with van der Waals surface area (Å²) < 4.78 is 0. The van der Waals surface area contributed by atoms with Crippen molar-refractivity contribution in [1.82, 2.24) is 9.80 Å². The minimum atomic E-state index is 0.238. The Balaban J connectivity index is 2.22. The lowest BCUT2D eigenvalue weighted by atomic mass is 10.4. The van der Waals surface area contributed by atoms with Gasteiger partial charge in [0.25, 0.3) is 0 Å². The molecule has 14 heavy (non-hydrogen) atoms. The molecule has 1 rings (SSSR count).